The summed E-state index contributed by atoms with van der Waals surface area (Å²) in [5.74, 6) is -0.205. The number of likely N-dealkylation sites (tertiary alicyclic amines) is 1. The molecule has 0 aromatic heterocycles. The van der Waals surface area contributed by atoms with Crippen molar-refractivity contribution in [3.63, 3.8) is 0 Å². The zero-order valence-electron chi connectivity index (χ0n) is 11.7. The molecule has 1 aliphatic rings. The van der Waals surface area contributed by atoms with Crippen molar-refractivity contribution in [2.45, 2.75) is 38.6 Å². The molecule has 1 unspecified atom stereocenters. The number of carbonyl (C=O) groups is 2. The smallest absolute Gasteiger partial charge is 0.305 e. The first-order chi connectivity index (χ1) is 9.17. The lowest BCUT2D eigenvalue weighted by Gasteiger charge is -2.22. The first-order valence-electron chi connectivity index (χ1n) is 7.03. The third-order valence-corrected chi connectivity index (χ3v) is 3.30. The second-order valence-electron chi connectivity index (χ2n) is 4.76. The Balaban J connectivity index is 2.09. The van der Waals surface area contributed by atoms with Crippen LogP contribution in [0.3, 0.4) is 0 Å². The number of amides is 1. The van der Waals surface area contributed by atoms with E-state index in [1.165, 1.54) is 0 Å². The first-order valence-corrected chi connectivity index (χ1v) is 7.03. The van der Waals surface area contributed by atoms with Gasteiger partial charge in [-0.25, -0.2) is 0 Å². The Morgan fingerprint density at radius 2 is 2.26 bits per heavy atom. The molecule has 110 valence electrons. The SMILES string of the molecule is CCOC(=O)CCCNC(=O)CN1CCCC1CN. The first kappa shape index (κ1) is 15.9. The average Bonchev–Trinajstić information content (AvgIpc) is 2.82. The summed E-state index contributed by atoms with van der Waals surface area (Å²) in [6, 6.07) is 0.338. The molecular formula is C13H25N3O3. The highest BCUT2D eigenvalue weighted by atomic mass is 16.5. The van der Waals surface area contributed by atoms with Crippen LogP contribution in [0.4, 0.5) is 0 Å². The van der Waals surface area contributed by atoms with Crippen LogP contribution >= 0.6 is 0 Å². The summed E-state index contributed by atoms with van der Waals surface area (Å²) in [6.45, 7) is 4.65. The summed E-state index contributed by atoms with van der Waals surface area (Å²) in [5.41, 5.74) is 5.66. The summed E-state index contributed by atoms with van der Waals surface area (Å²) in [5, 5.41) is 2.82. The highest BCUT2D eigenvalue weighted by Crippen LogP contribution is 2.14. The number of rotatable bonds is 8. The molecule has 0 aromatic rings. The normalized spacial score (nSPS) is 19.4. The number of hydrogen-bond donors (Lipinski definition) is 2. The zero-order valence-corrected chi connectivity index (χ0v) is 11.7. The van der Waals surface area contributed by atoms with Crippen LogP contribution < -0.4 is 11.1 Å². The van der Waals surface area contributed by atoms with Crippen molar-refractivity contribution in [2.24, 2.45) is 5.73 Å². The Morgan fingerprint density at radius 3 is 2.95 bits per heavy atom. The van der Waals surface area contributed by atoms with Gasteiger partial charge >= 0.3 is 5.97 Å². The molecule has 1 heterocycles. The fourth-order valence-corrected chi connectivity index (χ4v) is 2.30. The number of hydrogen-bond acceptors (Lipinski definition) is 5. The molecule has 0 spiro atoms. The van der Waals surface area contributed by atoms with Gasteiger partial charge in [-0.1, -0.05) is 0 Å². The summed E-state index contributed by atoms with van der Waals surface area (Å²) in [7, 11) is 0. The summed E-state index contributed by atoms with van der Waals surface area (Å²) in [4.78, 5) is 24.9. The van der Waals surface area contributed by atoms with Gasteiger partial charge in [0.2, 0.25) is 5.91 Å². The van der Waals surface area contributed by atoms with Crippen LogP contribution in [0.25, 0.3) is 0 Å². The Labute approximate surface area is 114 Å². The molecule has 1 amide bonds. The Kier molecular flexibility index (Phi) is 7.43. The van der Waals surface area contributed by atoms with Gasteiger partial charge in [-0.3, -0.25) is 14.5 Å². The lowest BCUT2D eigenvalue weighted by Crippen LogP contribution is -2.42. The van der Waals surface area contributed by atoms with E-state index in [0.29, 0.717) is 45.1 Å². The monoisotopic (exact) mass is 271 g/mol. The lowest BCUT2D eigenvalue weighted by atomic mass is 10.2. The van der Waals surface area contributed by atoms with E-state index in [4.69, 9.17) is 10.5 Å². The van der Waals surface area contributed by atoms with Crippen molar-refractivity contribution >= 4 is 11.9 Å². The quantitative estimate of drug-likeness (QED) is 0.474. The van der Waals surface area contributed by atoms with Gasteiger partial charge in [0, 0.05) is 25.6 Å². The van der Waals surface area contributed by atoms with E-state index in [0.717, 1.165) is 19.4 Å². The van der Waals surface area contributed by atoms with Crippen LogP contribution in [0, 0.1) is 0 Å². The summed E-state index contributed by atoms with van der Waals surface area (Å²) < 4.78 is 4.81. The van der Waals surface area contributed by atoms with Crippen LogP contribution in [-0.2, 0) is 14.3 Å². The molecule has 0 aromatic carbocycles. The number of esters is 1. The zero-order chi connectivity index (χ0) is 14.1. The van der Waals surface area contributed by atoms with Crippen LogP contribution in [0.5, 0.6) is 0 Å². The van der Waals surface area contributed by atoms with Gasteiger partial charge in [0.05, 0.1) is 13.2 Å². The second kappa shape index (κ2) is 8.87. The van der Waals surface area contributed by atoms with Crippen molar-refractivity contribution in [3.05, 3.63) is 0 Å². The number of ether oxygens (including phenoxy) is 1. The minimum absolute atomic E-state index is 0.00390. The number of nitrogens with zero attached hydrogens (tertiary/aromatic N) is 1. The number of nitrogens with two attached hydrogens (primary N) is 1. The van der Waals surface area contributed by atoms with E-state index in [9.17, 15) is 9.59 Å². The highest BCUT2D eigenvalue weighted by molar-refractivity contribution is 5.78. The van der Waals surface area contributed by atoms with Gasteiger partial charge in [-0.15, -0.1) is 0 Å². The van der Waals surface area contributed by atoms with E-state index < -0.39 is 0 Å². The van der Waals surface area contributed by atoms with Crippen molar-refractivity contribution < 1.29 is 14.3 Å². The minimum atomic E-state index is -0.209. The third-order valence-electron chi connectivity index (χ3n) is 3.30. The van der Waals surface area contributed by atoms with Gasteiger partial charge in [-0.2, -0.15) is 0 Å². The number of carbonyl (C=O) groups excluding carboxylic acids is 2. The molecular weight excluding hydrogens is 246 g/mol. The molecule has 6 nitrogen and oxygen atoms in total. The van der Waals surface area contributed by atoms with Crippen molar-refractivity contribution in [2.75, 3.05) is 32.8 Å². The molecule has 6 heteroatoms. The maximum atomic E-state index is 11.7. The summed E-state index contributed by atoms with van der Waals surface area (Å²) >= 11 is 0. The van der Waals surface area contributed by atoms with Gasteiger partial charge in [-0.05, 0) is 32.7 Å². The molecule has 1 aliphatic heterocycles. The molecule has 1 saturated heterocycles. The van der Waals surface area contributed by atoms with Gasteiger partial charge in [0.25, 0.3) is 0 Å². The van der Waals surface area contributed by atoms with Crippen molar-refractivity contribution in [1.29, 1.82) is 0 Å². The topological polar surface area (TPSA) is 84.7 Å². The predicted octanol–water partition coefficient (Wildman–Crippen LogP) is -0.131. The number of nitrogens with one attached hydrogen (secondary N) is 1. The van der Waals surface area contributed by atoms with Gasteiger partial charge in [0.1, 0.15) is 0 Å². The molecule has 0 aliphatic carbocycles. The summed E-state index contributed by atoms with van der Waals surface area (Å²) in [6.07, 6.45) is 3.15. The van der Waals surface area contributed by atoms with Crippen LogP contribution in [0.15, 0.2) is 0 Å². The maximum absolute atomic E-state index is 11.7. The molecule has 0 bridgehead atoms. The fourth-order valence-electron chi connectivity index (χ4n) is 2.30. The Hall–Kier alpha value is -1.14. The molecule has 1 rings (SSSR count). The van der Waals surface area contributed by atoms with Crippen LogP contribution in [-0.4, -0.2) is 55.6 Å². The highest BCUT2D eigenvalue weighted by Gasteiger charge is 2.24. The standard InChI is InChI=1S/C13H25N3O3/c1-2-19-13(18)6-3-7-15-12(17)10-16-8-4-5-11(16)9-14/h11H,2-10,14H2,1H3,(H,15,17). The molecule has 0 saturated carbocycles. The predicted molar refractivity (Wildman–Crippen MR) is 72.5 cm³/mol. The van der Waals surface area contributed by atoms with Gasteiger partial charge in [0.15, 0.2) is 0 Å². The fraction of sp³-hybridized carbons (Fsp3) is 0.846. The minimum Gasteiger partial charge on any atom is -0.466 e. The van der Waals surface area contributed by atoms with Crippen LogP contribution in [0.1, 0.15) is 32.6 Å². The van der Waals surface area contributed by atoms with E-state index in [1.807, 2.05) is 0 Å². The lowest BCUT2D eigenvalue weighted by molar-refractivity contribution is -0.143. The van der Waals surface area contributed by atoms with E-state index in [1.54, 1.807) is 6.92 Å². The molecule has 1 fully saturated rings. The van der Waals surface area contributed by atoms with E-state index in [-0.39, 0.29) is 11.9 Å². The molecule has 1 atom stereocenters. The van der Waals surface area contributed by atoms with Crippen molar-refractivity contribution in [3.8, 4) is 0 Å². The Morgan fingerprint density at radius 1 is 1.47 bits per heavy atom. The average molecular weight is 271 g/mol. The molecule has 19 heavy (non-hydrogen) atoms. The Bertz CT molecular complexity index is 297. The van der Waals surface area contributed by atoms with Crippen LogP contribution in [0.2, 0.25) is 0 Å². The van der Waals surface area contributed by atoms with Gasteiger partial charge < -0.3 is 15.8 Å². The largest absolute Gasteiger partial charge is 0.466 e. The molecule has 3 N–H and O–H groups in total. The van der Waals surface area contributed by atoms with E-state index >= 15 is 0 Å². The van der Waals surface area contributed by atoms with E-state index in [2.05, 4.69) is 10.2 Å². The third kappa shape index (κ3) is 6.02. The maximum Gasteiger partial charge on any atom is 0.305 e. The van der Waals surface area contributed by atoms with Crippen molar-refractivity contribution in [1.82, 2.24) is 10.2 Å². The second-order valence-corrected chi connectivity index (χ2v) is 4.76. The molecule has 0 radical (unpaired) electrons.